The first-order valence-corrected chi connectivity index (χ1v) is 10.7. The molecule has 0 aliphatic carbocycles. The summed E-state index contributed by atoms with van der Waals surface area (Å²) in [7, 11) is 0. The normalized spacial score (nSPS) is 12.5. The van der Waals surface area contributed by atoms with Gasteiger partial charge in [0.25, 0.3) is 17.7 Å². The van der Waals surface area contributed by atoms with E-state index >= 15 is 0 Å². The Kier molecular flexibility index (Phi) is 6.31. The van der Waals surface area contributed by atoms with Gasteiger partial charge in [-0.1, -0.05) is 25.5 Å². The van der Waals surface area contributed by atoms with E-state index in [1.165, 1.54) is 0 Å². The van der Waals surface area contributed by atoms with Crippen LogP contribution in [-0.2, 0) is 4.74 Å². The van der Waals surface area contributed by atoms with Gasteiger partial charge in [0.05, 0.1) is 29.0 Å². The fraction of sp³-hybridized carbons (Fsp3) is 0.154. The highest BCUT2D eigenvalue weighted by molar-refractivity contribution is 6.34. The Morgan fingerprint density at radius 3 is 1.97 bits per heavy atom. The van der Waals surface area contributed by atoms with Crippen molar-refractivity contribution < 1.29 is 23.9 Å². The summed E-state index contributed by atoms with van der Waals surface area (Å²) in [6.07, 6.45) is 1.75. The molecule has 0 radical (unpaired) electrons. The van der Waals surface area contributed by atoms with Gasteiger partial charge in [-0.2, -0.15) is 0 Å². The Morgan fingerprint density at radius 2 is 1.39 bits per heavy atom. The average Bonchev–Trinajstić information content (AvgIpc) is 3.10. The summed E-state index contributed by atoms with van der Waals surface area (Å²) in [6, 6.07) is 19.3. The maximum absolute atomic E-state index is 12.6. The van der Waals surface area contributed by atoms with E-state index < -0.39 is 5.97 Å². The highest BCUT2D eigenvalue weighted by Crippen LogP contribution is 2.28. The van der Waals surface area contributed by atoms with Gasteiger partial charge in [-0.25, -0.2) is 9.69 Å². The highest BCUT2D eigenvalue weighted by Gasteiger charge is 2.36. The van der Waals surface area contributed by atoms with Crippen LogP contribution in [0.4, 0.5) is 11.4 Å². The lowest BCUT2D eigenvalue weighted by atomic mass is 10.1. The predicted molar refractivity (Wildman–Crippen MR) is 124 cm³/mol. The standard InChI is InChI=1S/C26H22N2O5/c1-2-3-16-33-26(32)18-8-12-19(13-9-18)27-23(29)17-10-14-20(15-11-17)28-24(30)21-6-4-5-7-22(21)25(28)31/h4-15H,2-3,16H2,1H3,(H,27,29). The van der Waals surface area contributed by atoms with Gasteiger partial charge < -0.3 is 10.1 Å². The number of carbonyl (C=O) groups is 4. The average molecular weight is 442 g/mol. The van der Waals surface area contributed by atoms with E-state index in [2.05, 4.69) is 5.32 Å². The van der Waals surface area contributed by atoms with E-state index in [-0.39, 0.29) is 17.7 Å². The first kappa shape index (κ1) is 22.0. The van der Waals surface area contributed by atoms with Crippen molar-refractivity contribution in [2.45, 2.75) is 19.8 Å². The fourth-order valence-corrected chi connectivity index (χ4v) is 3.47. The Morgan fingerprint density at radius 1 is 0.818 bits per heavy atom. The third-order valence-electron chi connectivity index (χ3n) is 5.29. The van der Waals surface area contributed by atoms with E-state index in [1.807, 2.05) is 6.92 Å². The van der Waals surface area contributed by atoms with Crippen molar-refractivity contribution in [2.75, 3.05) is 16.8 Å². The Bertz CT molecular complexity index is 1180. The van der Waals surface area contributed by atoms with E-state index in [9.17, 15) is 19.2 Å². The molecule has 7 heteroatoms. The lowest BCUT2D eigenvalue weighted by molar-refractivity contribution is 0.0499. The van der Waals surface area contributed by atoms with Crippen LogP contribution < -0.4 is 10.2 Å². The molecule has 3 amide bonds. The number of carbonyl (C=O) groups excluding carboxylic acids is 4. The molecule has 4 rings (SSSR count). The lowest BCUT2D eigenvalue weighted by Crippen LogP contribution is -2.29. The van der Waals surface area contributed by atoms with Gasteiger partial charge in [-0.15, -0.1) is 0 Å². The third-order valence-corrected chi connectivity index (χ3v) is 5.29. The number of hydrogen-bond donors (Lipinski definition) is 1. The zero-order valence-corrected chi connectivity index (χ0v) is 18.0. The second-order valence-electron chi connectivity index (χ2n) is 7.56. The van der Waals surface area contributed by atoms with Crippen LogP contribution in [0.5, 0.6) is 0 Å². The largest absolute Gasteiger partial charge is 0.462 e. The molecule has 0 fully saturated rings. The second-order valence-corrected chi connectivity index (χ2v) is 7.56. The molecular formula is C26H22N2O5. The van der Waals surface area contributed by atoms with Crippen LogP contribution in [0.2, 0.25) is 0 Å². The molecule has 1 heterocycles. The molecular weight excluding hydrogens is 420 g/mol. The molecule has 3 aromatic carbocycles. The number of benzene rings is 3. The minimum absolute atomic E-state index is 0.359. The predicted octanol–water partition coefficient (Wildman–Crippen LogP) is 4.70. The number of nitrogens with zero attached hydrogens (tertiary/aromatic N) is 1. The number of esters is 1. The van der Waals surface area contributed by atoms with Crippen molar-refractivity contribution in [1.29, 1.82) is 0 Å². The van der Waals surface area contributed by atoms with Crippen molar-refractivity contribution >= 4 is 35.1 Å². The van der Waals surface area contributed by atoms with Gasteiger partial charge in [-0.05, 0) is 67.1 Å². The summed E-state index contributed by atoms with van der Waals surface area (Å²) in [6.45, 7) is 2.40. The van der Waals surface area contributed by atoms with Crippen molar-refractivity contribution in [1.82, 2.24) is 0 Å². The van der Waals surface area contributed by atoms with Gasteiger partial charge in [-0.3, -0.25) is 14.4 Å². The first-order valence-electron chi connectivity index (χ1n) is 10.7. The van der Waals surface area contributed by atoms with Gasteiger partial charge in [0.2, 0.25) is 0 Å². The molecule has 0 atom stereocenters. The van der Waals surface area contributed by atoms with E-state index in [4.69, 9.17) is 4.74 Å². The number of rotatable bonds is 7. The molecule has 0 saturated carbocycles. The summed E-state index contributed by atoms with van der Waals surface area (Å²) in [5, 5.41) is 2.76. The number of fused-ring (bicyclic) bond motifs is 1. The quantitative estimate of drug-likeness (QED) is 0.325. The molecule has 3 aromatic rings. The SMILES string of the molecule is CCCCOC(=O)c1ccc(NC(=O)c2ccc(N3C(=O)c4ccccc4C3=O)cc2)cc1. The molecule has 0 spiro atoms. The van der Waals surface area contributed by atoms with Crippen molar-refractivity contribution in [3.05, 3.63) is 95.1 Å². The van der Waals surface area contributed by atoms with E-state index in [0.29, 0.717) is 40.2 Å². The topological polar surface area (TPSA) is 92.8 Å². The summed E-state index contributed by atoms with van der Waals surface area (Å²) >= 11 is 0. The first-order chi connectivity index (χ1) is 16.0. The van der Waals surface area contributed by atoms with Crippen molar-refractivity contribution in [2.24, 2.45) is 0 Å². The Balaban J connectivity index is 1.41. The fourth-order valence-electron chi connectivity index (χ4n) is 3.47. The third kappa shape index (κ3) is 4.52. The molecule has 33 heavy (non-hydrogen) atoms. The molecule has 7 nitrogen and oxygen atoms in total. The zero-order chi connectivity index (χ0) is 23.4. The smallest absolute Gasteiger partial charge is 0.338 e. The molecule has 0 saturated heterocycles. The summed E-state index contributed by atoms with van der Waals surface area (Å²) in [5.74, 6) is -1.53. The molecule has 0 bridgehead atoms. The number of ether oxygens (including phenoxy) is 1. The van der Waals surface area contributed by atoms with E-state index in [0.717, 1.165) is 17.7 Å². The monoisotopic (exact) mass is 442 g/mol. The molecule has 0 unspecified atom stereocenters. The van der Waals surface area contributed by atoms with Crippen LogP contribution in [0.15, 0.2) is 72.8 Å². The van der Waals surface area contributed by atoms with Gasteiger partial charge in [0.15, 0.2) is 0 Å². The van der Waals surface area contributed by atoms with Crippen LogP contribution in [-0.4, -0.2) is 30.3 Å². The summed E-state index contributed by atoms with van der Waals surface area (Å²) in [4.78, 5) is 50.9. The summed E-state index contributed by atoms with van der Waals surface area (Å²) in [5.41, 5.74) is 2.41. The van der Waals surface area contributed by atoms with Crippen LogP contribution in [0, 0.1) is 0 Å². The Hall–Kier alpha value is -4.26. The van der Waals surface area contributed by atoms with Crippen LogP contribution in [0.25, 0.3) is 0 Å². The highest BCUT2D eigenvalue weighted by atomic mass is 16.5. The zero-order valence-electron chi connectivity index (χ0n) is 18.0. The maximum Gasteiger partial charge on any atom is 0.338 e. The van der Waals surface area contributed by atoms with Gasteiger partial charge in [0.1, 0.15) is 0 Å². The molecule has 166 valence electrons. The molecule has 1 N–H and O–H groups in total. The molecule has 0 aromatic heterocycles. The van der Waals surface area contributed by atoms with Crippen LogP contribution >= 0.6 is 0 Å². The maximum atomic E-state index is 12.6. The minimum Gasteiger partial charge on any atom is -0.462 e. The number of anilines is 2. The van der Waals surface area contributed by atoms with Crippen LogP contribution in [0.1, 0.15) is 61.2 Å². The number of nitrogens with one attached hydrogen (secondary N) is 1. The van der Waals surface area contributed by atoms with Gasteiger partial charge >= 0.3 is 5.97 Å². The minimum atomic E-state index is -0.398. The Labute approximate surface area is 191 Å². The number of amides is 3. The van der Waals surface area contributed by atoms with Crippen LogP contribution in [0.3, 0.4) is 0 Å². The van der Waals surface area contributed by atoms with E-state index in [1.54, 1.807) is 72.8 Å². The number of imide groups is 1. The van der Waals surface area contributed by atoms with Crippen molar-refractivity contribution in [3.63, 3.8) is 0 Å². The molecule has 1 aliphatic heterocycles. The summed E-state index contributed by atoms with van der Waals surface area (Å²) < 4.78 is 5.17. The molecule has 1 aliphatic rings. The van der Waals surface area contributed by atoms with Gasteiger partial charge in [0, 0.05) is 11.3 Å². The number of unbranched alkanes of at least 4 members (excludes halogenated alkanes) is 1. The van der Waals surface area contributed by atoms with Crippen molar-refractivity contribution in [3.8, 4) is 0 Å². The lowest BCUT2D eigenvalue weighted by Gasteiger charge is -2.14. The number of hydrogen-bond acceptors (Lipinski definition) is 5. The second kappa shape index (κ2) is 9.48.